The van der Waals surface area contributed by atoms with E-state index < -0.39 is 32.5 Å². The molecule has 0 fully saturated rings. The van der Waals surface area contributed by atoms with Gasteiger partial charge in [0, 0.05) is 19.3 Å². The van der Waals surface area contributed by atoms with Crippen molar-refractivity contribution in [1.82, 2.24) is 0 Å². The predicted molar refractivity (Wildman–Crippen MR) is 233 cm³/mol. The molecule has 0 aliphatic rings. The molecular formula is C46H75NO9P+. The highest BCUT2D eigenvalue weighted by atomic mass is 31.2. The van der Waals surface area contributed by atoms with Crippen LogP contribution in [0.15, 0.2) is 97.2 Å². The molecule has 322 valence electrons. The SMILES string of the molecule is CC/C=C\C/C=C\C/C=C\C/C=C\CCCCC(=O)O[C@H](COC(=O)CCCC(=O)/C=C/C=C\C/C=C\C/C=C\CCCCC)COP(=O)(O)OCC[N+](C)(C)C. The number of likely N-dealkylation sites (N-methyl/N-ethyl adjacent to an activating group) is 1. The summed E-state index contributed by atoms with van der Waals surface area (Å²) in [6.07, 6.45) is 44.7. The van der Waals surface area contributed by atoms with E-state index in [1.165, 1.54) is 25.3 Å². The zero-order valence-corrected chi connectivity index (χ0v) is 36.7. The van der Waals surface area contributed by atoms with E-state index >= 15 is 0 Å². The second-order valence-corrected chi connectivity index (χ2v) is 16.1. The molecule has 57 heavy (non-hydrogen) atoms. The van der Waals surface area contributed by atoms with E-state index in [0.29, 0.717) is 17.4 Å². The van der Waals surface area contributed by atoms with E-state index in [1.54, 1.807) is 6.08 Å². The van der Waals surface area contributed by atoms with Gasteiger partial charge in [0.15, 0.2) is 11.9 Å². The van der Waals surface area contributed by atoms with Gasteiger partial charge in [-0.3, -0.25) is 23.4 Å². The molecule has 0 saturated heterocycles. The molecule has 0 amide bonds. The van der Waals surface area contributed by atoms with Gasteiger partial charge in [-0.15, -0.1) is 0 Å². The second kappa shape index (κ2) is 36.9. The van der Waals surface area contributed by atoms with E-state index in [1.807, 2.05) is 33.3 Å². The third-order valence-corrected chi connectivity index (χ3v) is 9.06. The average molecular weight is 817 g/mol. The molecule has 10 nitrogen and oxygen atoms in total. The highest BCUT2D eigenvalue weighted by molar-refractivity contribution is 7.47. The Balaban J connectivity index is 4.68. The van der Waals surface area contributed by atoms with Gasteiger partial charge in [-0.25, -0.2) is 4.57 Å². The summed E-state index contributed by atoms with van der Waals surface area (Å²) in [5.41, 5.74) is 0. The van der Waals surface area contributed by atoms with Crippen LogP contribution >= 0.6 is 7.82 Å². The highest BCUT2D eigenvalue weighted by Crippen LogP contribution is 2.43. The first-order valence-corrected chi connectivity index (χ1v) is 22.4. The summed E-state index contributed by atoms with van der Waals surface area (Å²) in [5, 5.41) is 0. The number of hydrogen-bond donors (Lipinski definition) is 1. The maximum absolute atomic E-state index is 12.6. The largest absolute Gasteiger partial charge is 0.472 e. The number of ketones is 1. The fourth-order valence-electron chi connectivity index (χ4n) is 4.78. The molecule has 0 aliphatic heterocycles. The molecule has 0 heterocycles. The molecule has 0 aliphatic carbocycles. The van der Waals surface area contributed by atoms with E-state index in [0.717, 1.165) is 57.8 Å². The van der Waals surface area contributed by atoms with Crippen LogP contribution in [0.25, 0.3) is 0 Å². The lowest BCUT2D eigenvalue weighted by atomic mass is 10.1. The molecule has 1 N–H and O–H groups in total. The van der Waals surface area contributed by atoms with Crippen LogP contribution in [0.3, 0.4) is 0 Å². The number of esters is 2. The van der Waals surface area contributed by atoms with Gasteiger partial charge >= 0.3 is 19.8 Å². The number of allylic oxidation sites excluding steroid dienone is 16. The van der Waals surface area contributed by atoms with E-state index in [2.05, 4.69) is 86.8 Å². The summed E-state index contributed by atoms with van der Waals surface area (Å²) in [7, 11) is 1.30. The molecular weight excluding hydrogens is 741 g/mol. The lowest BCUT2D eigenvalue weighted by molar-refractivity contribution is -0.870. The Morgan fingerprint density at radius 3 is 1.74 bits per heavy atom. The molecule has 1 unspecified atom stereocenters. The lowest BCUT2D eigenvalue weighted by Gasteiger charge is -2.24. The minimum atomic E-state index is -4.45. The van der Waals surface area contributed by atoms with Crippen LogP contribution in [-0.4, -0.2) is 80.7 Å². The highest BCUT2D eigenvalue weighted by Gasteiger charge is 2.27. The Labute approximate surface area is 345 Å². The van der Waals surface area contributed by atoms with Crippen molar-refractivity contribution in [3.05, 3.63) is 97.2 Å². The summed E-state index contributed by atoms with van der Waals surface area (Å²) in [6.45, 7) is 3.91. The Kier molecular flexibility index (Phi) is 34.7. The van der Waals surface area contributed by atoms with E-state index in [4.69, 9.17) is 18.5 Å². The smallest absolute Gasteiger partial charge is 0.462 e. The van der Waals surface area contributed by atoms with Crippen molar-refractivity contribution in [3.63, 3.8) is 0 Å². The summed E-state index contributed by atoms with van der Waals surface area (Å²) < 4.78 is 34.0. The molecule has 0 aromatic rings. The molecule has 0 radical (unpaired) electrons. The Morgan fingerprint density at radius 1 is 0.614 bits per heavy atom. The summed E-state index contributed by atoms with van der Waals surface area (Å²) in [6, 6.07) is 0. The summed E-state index contributed by atoms with van der Waals surface area (Å²) >= 11 is 0. The zero-order valence-electron chi connectivity index (χ0n) is 35.8. The first-order chi connectivity index (χ1) is 27.4. The number of hydrogen-bond acceptors (Lipinski definition) is 8. The predicted octanol–water partition coefficient (Wildman–Crippen LogP) is 11.0. The van der Waals surface area contributed by atoms with Crippen LogP contribution in [0.4, 0.5) is 0 Å². The number of rotatable bonds is 36. The van der Waals surface area contributed by atoms with Crippen molar-refractivity contribution >= 4 is 25.5 Å². The lowest BCUT2D eigenvalue weighted by Crippen LogP contribution is -2.37. The molecule has 0 saturated carbocycles. The van der Waals surface area contributed by atoms with Gasteiger partial charge in [-0.05, 0) is 83.1 Å². The first-order valence-electron chi connectivity index (χ1n) is 20.9. The topological polar surface area (TPSA) is 125 Å². The molecule has 0 bridgehead atoms. The third kappa shape index (κ3) is 40.6. The molecule has 11 heteroatoms. The van der Waals surface area contributed by atoms with Crippen molar-refractivity contribution in [2.75, 3.05) is 47.5 Å². The number of quaternary nitrogens is 1. The van der Waals surface area contributed by atoms with Crippen molar-refractivity contribution in [2.24, 2.45) is 0 Å². The minimum absolute atomic E-state index is 0.0151. The standard InChI is InChI=1S/C46H74NO9P/c1-6-8-10-12-14-16-18-20-21-23-25-27-29-31-33-37-46(50)56-44(42-55-57(51,52)54-40-39-47(3,4)5)41-53-45(49)38-34-36-43(48)35-32-30-28-26-24-22-19-17-15-13-11-9-7-2/h8,10,14-17,20-22,24-25,27-28,30,32,35,44H,6-7,9,11-13,18-19,23,26,29,31,33-34,36-42H2,1-5H3/p+1/b10-8-,16-14-,17-15-,21-20-,24-22-,27-25-,30-28-,35-32+/t44-/m1/s1. The van der Waals surface area contributed by atoms with Gasteiger partial charge in [0.05, 0.1) is 27.7 Å². The quantitative estimate of drug-likeness (QED) is 0.0125. The van der Waals surface area contributed by atoms with Crippen molar-refractivity contribution in [3.8, 4) is 0 Å². The normalized spacial score (nSPS) is 14.5. The molecule has 0 aromatic heterocycles. The number of ether oxygens (including phenoxy) is 2. The second-order valence-electron chi connectivity index (χ2n) is 14.7. The van der Waals surface area contributed by atoms with Crippen LogP contribution in [0.1, 0.15) is 123 Å². The fraction of sp³-hybridized carbons (Fsp3) is 0.587. The van der Waals surface area contributed by atoms with Crippen LogP contribution in [0, 0.1) is 0 Å². The summed E-state index contributed by atoms with van der Waals surface area (Å²) in [5.74, 6) is -1.22. The Hall–Kier alpha value is -3.40. The van der Waals surface area contributed by atoms with Crippen LogP contribution in [0.5, 0.6) is 0 Å². The van der Waals surface area contributed by atoms with Crippen LogP contribution in [-0.2, 0) is 37.5 Å². The third-order valence-electron chi connectivity index (χ3n) is 8.07. The summed E-state index contributed by atoms with van der Waals surface area (Å²) in [4.78, 5) is 47.5. The molecule has 0 aromatic carbocycles. The average Bonchev–Trinajstić information content (AvgIpc) is 3.15. The number of phosphoric acid groups is 1. The van der Waals surface area contributed by atoms with Gasteiger partial charge in [-0.2, -0.15) is 0 Å². The number of carbonyl (C=O) groups is 3. The van der Waals surface area contributed by atoms with Gasteiger partial charge < -0.3 is 18.9 Å². The van der Waals surface area contributed by atoms with E-state index in [9.17, 15) is 23.8 Å². The maximum Gasteiger partial charge on any atom is 0.472 e. The Morgan fingerprint density at radius 2 is 1.16 bits per heavy atom. The number of phosphoric ester groups is 1. The van der Waals surface area contributed by atoms with Gasteiger partial charge in [0.25, 0.3) is 0 Å². The van der Waals surface area contributed by atoms with Gasteiger partial charge in [0.1, 0.15) is 19.8 Å². The monoisotopic (exact) mass is 817 g/mol. The zero-order chi connectivity index (χ0) is 42.3. The number of carbonyl (C=O) groups excluding carboxylic acids is 3. The van der Waals surface area contributed by atoms with Gasteiger partial charge in [0.2, 0.25) is 0 Å². The minimum Gasteiger partial charge on any atom is -0.462 e. The molecule has 0 rings (SSSR count). The van der Waals surface area contributed by atoms with Crippen molar-refractivity contribution < 1.29 is 46.8 Å². The first kappa shape index (κ1) is 53.6. The van der Waals surface area contributed by atoms with Crippen molar-refractivity contribution in [1.29, 1.82) is 0 Å². The van der Waals surface area contributed by atoms with Crippen molar-refractivity contribution in [2.45, 2.75) is 129 Å². The number of unbranched alkanes of at least 4 members (excludes halogenated alkanes) is 5. The fourth-order valence-corrected chi connectivity index (χ4v) is 5.52. The Bertz CT molecular complexity index is 1350. The number of nitrogens with zero attached hydrogens (tertiary/aromatic N) is 1. The van der Waals surface area contributed by atoms with E-state index in [-0.39, 0.29) is 44.7 Å². The van der Waals surface area contributed by atoms with Gasteiger partial charge in [-0.1, -0.05) is 118 Å². The molecule has 0 spiro atoms. The van der Waals surface area contributed by atoms with Crippen LogP contribution in [0.2, 0.25) is 0 Å². The molecule has 2 atom stereocenters. The maximum atomic E-state index is 12.6. The van der Waals surface area contributed by atoms with Crippen LogP contribution < -0.4 is 0 Å².